The first-order chi connectivity index (χ1) is 8.77. The number of hydrogen-bond donors (Lipinski definition) is 2. The SMILES string of the molecule is COC(=O)c1ccc(S(=O)(=O)NC[C@@H](C)N)cc1Cl. The second kappa shape index (κ2) is 6.33. The van der Waals surface area contributed by atoms with Crippen LogP contribution in [0, 0.1) is 0 Å². The van der Waals surface area contributed by atoms with E-state index in [1.165, 1.54) is 25.3 Å². The van der Waals surface area contributed by atoms with E-state index in [0.717, 1.165) is 0 Å². The van der Waals surface area contributed by atoms with E-state index in [9.17, 15) is 13.2 Å². The van der Waals surface area contributed by atoms with Crippen LogP contribution in [-0.4, -0.2) is 34.1 Å². The number of rotatable bonds is 5. The van der Waals surface area contributed by atoms with Crippen molar-refractivity contribution in [1.29, 1.82) is 0 Å². The van der Waals surface area contributed by atoms with Crippen molar-refractivity contribution in [1.82, 2.24) is 4.72 Å². The number of sulfonamides is 1. The molecule has 0 spiro atoms. The molecular formula is C11H15ClN2O4S. The summed E-state index contributed by atoms with van der Waals surface area (Å²) in [6.45, 7) is 1.79. The third kappa shape index (κ3) is 4.17. The van der Waals surface area contributed by atoms with Gasteiger partial charge in [0.05, 0.1) is 22.6 Å². The molecule has 0 saturated heterocycles. The first kappa shape index (κ1) is 15.9. The lowest BCUT2D eigenvalue weighted by Gasteiger charge is -2.10. The molecule has 0 unspecified atom stereocenters. The Morgan fingerprint density at radius 2 is 2.16 bits per heavy atom. The Kier molecular flexibility index (Phi) is 5.30. The summed E-state index contributed by atoms with van der Waals surface area (Å²) in [4.78, 5) is 11.3. The van der Waals surface area contributed by atoms with Crippen molar-refractivity contribution in [3.63, 3.8) is 0 Å². The van der Waals surface area contributed by atoms with Crippen LogP contribution >= 0.6 is 11.6 Å². The molecule has 0 bridgehead atoms. The number of halogens is 1. The predicted molar refractivity (Wildman–Crippen MR) is 71.6 cm³/mol. The summed E-state index contributed by atoms with van der Waals surface area (Å²) in [6.07, 6.45) is 0. The fourth-order valence-electron chi connectivity index (χ4n) is 1.26. The number of nitrogens with one attached hydrogen (secondary N) is 1. The van der Waals surface area contributed by atoms with Crippen LogP contribution in [0.4, 0.5) is 0 Å². The van der Waals surface area contributed by atoms with Gasteiger partial charge >= 0.3 is 5.97 Å². The number of benzene rings is 1. The van der Waals surface area contributed by atoms with Crippen LogP contribution in [0.3, 0.4) is 0 Å². The quantitative estimate of drug-likeness (QED) is 0.782. The lowest BCUT2D eigenvalue weighted by Crippen LogP contribution is -2.35. The molecule has 8 heteroatoms. The molecule has 1 aromatic carbocycles. The van der Waals surface area contributed by atoms with Crippen molar-refractivity contribution >= 4 is 27.6 Å². The Bertz CT molecular complexity index is 572. The van der Waals surface area contributed by atoms with Gasteiger partial charge in [0.1, 0.15) is 0 Å². The average molecular weight is 307 g/mol. The molecule has 3 N–H and O–H groups in total. The Morgan fingerprint density at radius 3 is 2.63 bits per heavy atom. The third-order valence-corrected chi connectivity index (χ3v) is 3.99. The van der Waals surface area contributed by atoms with Gasteiger partial charge in [0.2, 0.25) is 10.0 Å². The van der Waals surface area contributed by atoms with Crippen LogP contribution in [0.15, 0.2) is 23.1 Å². The highest BCUT2D eigenvalue weighted by molar-refractivity contribution is 7.89. The van der Waals surface area contributed by atoms with Crippen molar-refractivity contribution in [3.8, 4) is 0 Å². The summed E-state index contributed by atoms with van der Waals surface area (Å²) in [7, 11) is -2.48. The topological polar surface area (TPSA) is 98.5 Å². The van der Waals surface area contributed by atoms with E-state index >= 15 is 0 Å². The van der Waals surface area contributed by atoms with Crippen LogP contribution in [0.25, 0.3) is 0 Å². The van der Waals surface area contributed by atoms with Gasteiger partial charge in [-0.15, -0.1) is 0 Å². The van der Waals surface area contributed by atoms with Crippen molar-refractivity contribution in [2.45, 2.75) is 17.9 Å². The van der Waals surface area contributed by atoms with E-state index in [1.54, 1.807) is 6.92 Å². The van der Waals surface area contributed by atoms with E-state index < -0.39 is 16.0 Å². The monoisotopic (exact) mass is 306 g/mol. The van der Waals surface area contributed by atoms with Gasteiger partial charge in [-0.05, 0) is 25.1 Å². The van der Waals surface area contributed by atoms with Crippen molar-refractivity contribution in [3.05, 3.63) is 28.8 Å². The maximum Gasteiger partial charge on any atom is 0.339 e. The Labute approximate surface area is 116 Å². The molecule has 0 radical (unpaired) electrons. The van der Waals surface area contributed by atoms with Gasteiger partial charge in [-0.2, -0.15) is 0 Å². The molecule has 0 aliphatic carbocycles. The van der Waals surface area contributed by atoms with Gasteiger partial charge in [-0.3, -0.25) is 0 Å². The number of hydrogen-bond acceptors (Lipinski definition) is 5. The van der Waals surface area contributed by atoms with Crippen LogP contribution in [0.5, 0.6) is 0 Å². The van der Waals surface area contributed by atoms with E-state index in [4.69, 9.17) is 17.3 Å². The smallest absolute Gasteiger partial charge is 0.339 e. The Morgan fingerprint density at radius 1 is 1.53 bits per heavy atom. The van der Waals surface area contributed by atoms with E-state index in [2.05, 4.69) is 9.46 Å². The van der Waals surface area contributed by atoms with Crippen LogP contribution < -0.4 is 10.5 Å². The number of ether oxygens (including phenoxy) is 1. The summed E-state index contributed by atoms with van der Waals surface area (Å²) in [5.41, 5.74) is 5.58. The summed E-state index contributed by atoms with van der Waals surface area (Å²) < 4.78 is 30.6. The number of carbonyl (C=O) groups is 1. The van der Waals surface area contributed by atoms with Gasteiger partial charge in [0.15, 0.2) is 0 Å². The summed E-state index contributed by atoms with van der Waals surface area (Å²) in [5, 5.41) is 0.00974. The largest absolute Gasteiger partial charge is 0.465 e. The fourth-order valence-corrected chi connectivity index (χ4v) is 2.75. The highest BCUT2D eigenvalue weighted by Crippen LogP contribution is 2.21. The molecule has 0 amide bonds. The number of nitrogens with two attached hydrogens (primary N) is 1. The highest BCUT2D eigenvalue weighted by Gasteiger charge is 2.18. The zero-order chi connectivity index (χ0) is 14.6. The lowest BCUT2D eigenvalue weighted by molar-refractivity contribution is 0.0601. The van der Waals surface area contributed by atoms with E-state index in [0.29, 0.717) is 0 Å². The molecule has 1 aromatic rings. The van der Waals surface area contributed by atoms with E-state index in [1.807, 2.05) is 0 Å². The fraction of sp³-hybridized carbons (Fsp3) is 0.364. The van der Waals surface area contributed by atoms with E-state index in [-0.39, 0.29) is 28.1 Å². The molecule has 6 nitrogen and oxygen atoms in total. The Hall–Kier alpha value is -1.15. The highest BCUT2D eigenvalue weighted by atomic mass is 35.5. The minimum absolute atomic E-state index is 0.00974. The van der Waals surface area contributed by atoms with Crippen molar-refractivity contribution in [2.24, 2.45) is 5.73 Å². The van der Waals surface area contributed by atoms with Gasteiger partial charge in [-0.25, -0.2) is 17.9 Å². The molecule has 19 heavy (non-hydrogen) atoms. The molecular weight excluding hydrogens is 292 g/mol. The van der Waals surface area contributed by atoms with Crippen molar-refractivity contribution < 1.29 is 17.9 Å². The third-order valence-electron chi connectivity index (χ3n) is 2.25. The standard InChI is InChI=1S/C11H15ClN2O4S/c1-7(13)6-14-19(16,17)8-3-4-9(10(12)5-8)11(15)18-2/h3-5,7,14H,6,13H2,1-2H3/t7-/m1/s1. The molecule has 106 valence electrons. The Balaban J connectivity index is 3.04. The molecule has 0 saturated carbocycles. The second-order valence-corrected chi connectivity index (χ2v) is 6.14. The molecule has 1 atom stereocenters. The molecule has 0 aliphatic rings. The minimum Gasteiger partial charge on any atom is -0.465 e. The number of methoxy groups -OCH3 is 1. The maximum atomic E-state index is 11.9. The first-order valence-corrected chi connectivity index (χ1v) is 7.27. The first-order valence-electron chi connectivity index (χ1n) is 5.41. The summed E-state index contributed by atoms with van der Waals surface area (Å²) in [5.74, 6) is -0.627. The molecule has 0 aromatic heterocycles. The van der Waals surface area contributed by atoms with Gasteiger partial charge < -0.3 is 10.5 Å². The molecule has 0 heterocycles. The average Bonchev–Trinajstić information content (AvgIpc) is 2.35. The van der Waals surface area contributed by atoms with Gasteiger partial charge in [0.25, 0.3) is 0 Å². The zero-order valence-corrected chi connectivity index (χ0v) is 12.1. The van der Waals surface area contributed by atoms with Crippen LogP contribution in [0.1, 0.15) is 17.3 Å². The predicted octanol–water partition coefficient (Wildman–Crippen LogP) is 0.752. The minimum atomic E-state index is -3.69. The molecule has 0 aliphatic heterocycles. The molecule has 1 rings (SSSR count). The number of esters is 1. The lowest BCUT2D eigenvalue weighted by atomic mass is 10.2. The zero-order valence-electron chi connectivity index (χ0n) is 10.5. The van der Waals surface area contributed by atoms with Crippen molar-refractivity contribution in [2.75, 3.05) is 13.7 Å². The van der Waals surface area contributed by atoms with Gasteiger partial charge in [0, 0.05) is 12.6 Å². The number of carbonyl (C=O) groups excluding carboxylic acids is 1. The summed E-state index contributed by atoms with van der Waals surface area (Å²) in [6, 6.07) is 3.47. The summed E-state index contributed by atoms with van der Waals surface area (Å²) >= 11 is 5.85. The molecule has 0 fully saturated rings. The van der Waals surface area contributed by atoms with Crippen LogP contribution in [-0.2, 0) is 14.8 Å². The van der Waals surface area contributed by atoms with Gasteiger partial charge in [-0.1, -0.05) is 11.6 Å². The second-order valence-electron chi connectivity index (χ2n) is 3.96. The maximum absolute atomic E-state index is 11.9. The normalized spacial score (nSPS) is 13.1. The van der Waals surface area contributed by atoms with Crippen LogP contribution in [0.2, 0.25) is 5.02 Å².